The van der Waals surface area contributed by atoms with Gasteiger partial charge in [0.1, 0.15) is 0 Å². The number of fused-ring (bicyclic) bond motifs is 1. The topological polar surface area (TPSA) is 57.4 Å². The fraction of sp³-hybridized carbons (Fsp3) is 0.423. The molecule has 1 fully saturated rings. The van der Waals surface area contributed by atoms with E-state index in [2.05, 4.69) is 71.6 Å². The fourth-order valence-corrected chi connectivity index (χ4v) is 4.60. The standard InChI is InChI=1S/C26H33N3O2/c1-19-8-9-21(20(2)16-19)23(24-18-28-25-7-4-3-6-22(24)25)17-26(30)27-10-5-11-29-12-14-31-15-13-29/h3-4,6-9,16,18,23,28H,5,10-15,17H2,1-2H3,(H,27,30). The molecular weight excluding hydrogens is 386 g/mol. The SMILES string of the molecule is Cc1ccc(C(CC(=O)NCCCN2CCOCC2)c2c[nH]c3ccccc23)c(C)c1. The maximum Gasteiger partial charge on any atom is 0.220 e. The van der Waals surface area contributed by atoms with E-state index in [1.54, 1.807) is 0 Å². The molecule has 2 N–H and O–H groups in total. The van der Waals surface area contributed by atoms with Gasteiger partial charge in [-0.05, 0) is 49.6 Å². The van der Waals surface area contributed by atoms with Crippen LogP contribution in [0.2, 0.25) is 0 Å². The summed E-state index contributed by atoms with van der Waals surface area (Å²) in [6.07, 6.45) is 3.48. The van der Waals surface area contributed by atoms with Gasteiger partial charge in [0.15, 0.2) is 0 Å². The number of carbonyl (C=O) groups is 1. The quantitative estimate of drug-likeness (QED) is 0.540. The highest BCUT2D eigenvalue weighted by Crippen LogP contribution is 2.35. The van der Waals surface area contributed by atoms with Gasteiger partial charge in [-0.1, -0.05) is 42.0 Å². The number of ether oxygens (including phenoxy) is 1. The van der Waals surface area contributed by atoms with E-state index in [1.807, 2.05) is 6.07 Å². The Kier molecular flexibility index (Phi) is 7.05. The molecule has 1 aromatic heterocycles. The zero-order valence-corrected chi connectivity index (χ0v) is 18.6. The van der Waals surface area contributed by atoms with Gasteiger partial charge < -0.3 is 15.0 Å². The Morgan fingerprint density at radius 1 is 1.13 bits per heavy atom. The Hall–Kier alpha value is -2.63. The molecule has 2 heterocycles. The molecule has 5 heteroatoms. The van der Waals surface area contributed by atoms with Crippen LogP contribution >= 0.6 is 0 Å². The summed E-state index contributed by atoms with van der Waals surface area (Å²) in [4.78, 5) is 18.7. The van der Waals surface area contributed by atoms with Crippen LogP contribution in [-0.2, 0) is 9.53 Å². The molecule has 0 radical (unpaired) electrons. The van der Waals surface area contributed by atoms with Gasteiger partial charge in [-0.2, -0.15) is 0 Å². The van der Waals surface area contributed by atoms with Crippen molar-refractivity contribution in [3.8, 4) is 0 Å². The zero-order chi connectivity index (χ0) is 21.6. The van der Waals surface area contributed by atoms with Gasteiger partial charge >= 0.3 is 0 Å². The smallest absolute Gasteiger partial charge is 0.220 e. The van der Waals surface area contributed by atoms with Crippen LogP contribution < -0.4 is 5.32 Å². The van der Waals surface area contributed by atoms with Crippen LogP contribution in [-0.4, -0.2) is 55.2 Å². The molecule has 0 bridgehead atoms. The molecule has 1 atom stereocenters. The van der Waals surface area contributed by atoms with E-state index < -0.39 is 0 Å². The first-order chi connectivity index (χ1) is 15.1. The number of aromatic amines is 1. The van der Waals surface area contributed by atoms with E-state index in [4.69, 9.17) is 4.74 Å². The van der Waals surface area contributed by atoms with E-state index in [1.165, 1.54) is 27.6 Å². The number of hydrogen-bond donors (Lipinski definition) is 2. The molecule has 1 unspecified atom stereocenters. The van der Waals surface area contributed by atoms with E-state index in [0.717, 1.165) is 44.8 Å². The third-order valence-corrected chi connectivity index (χ3v) is 6.26. The Morgan fingerprint density at radius 2 is 1.94 bits per heavy atom. The Balaban J connectivity index is 1.46. The van der Waals surface area contributed by atoms with Crippen molar-refractivity contribution < 1.29 is 9.53 Å². The monoisotopic (exact) mass is 419 g/mol. The number of morpholine rings is 1. The van der Waals surface area contributed by atoms with Crippen LogP contribution in [0.5, 0.6) is 0 Å². The number of nitrogens with one attached hydrogen (secondary N) is 2. The zero-order valence-electron chi connectivity index (χ0n) is 18.6. The van der Waals surface area contributed by atoms with Gasteiger partial charge in [-0.3, -0.25) is 9.69 Å². The highest BCUT2D eigenvalue weighted by atomic mass is 16.5. The summed E-state index contributed by atoms with van der Waals surface area (Å²) >= 11 is 0. The summed E-state index contributed by atoms with van der Waals surface area (Å²) in [6, 6.07) is 14.9. The predicted octanol–water partition coefficient (Wildman–Crippen LogP) is 4.15. The summed E-state index contributed by atoms with van der Waals surface area (Å²) in [5.74, 6) is 0.133. The number of para-hydroxylation sites is 1. The number of H-pyrrole nitrogens is 1. The van der Waals surface area contributed by atoms with E-state index in [-0.39, 0.29) is 11.8 Å². The minimum Gasteiger partial charge on any atom is -0.379 e. The molecule has 31 heavy (non-hydrogen) atoms. The van der Waals surface area contributed by atoms with Crippen LogP contribution in [0, 0.1) is 13.8 Å². The molecule has 0 saturated carbocycles. The lowest BCUT2D eigenvalue weighted by molar-refractivity contribution is -0.121. The lowest BCUT2D eigenvalue weighted by atomic mass is 9.85. The first-order valence-electron chi connectivity index (χ1n) is 11.3. The molecule has 0 spiro atoms. The van der Waals surface area contributed by atoms with Crippen molar-refractivity contribution in [3.05, 3.63) is 70.9 Å². The summed E-state index contributed by atoms with van der Waals surface area (Å²) < 4.78 is 5.40. The van der Waals surface area contributed by atoms with Crippen molar-refractivity contribution in [2.45, 2.75) is 32.6 Å². The van der Waals surface area contributed by atoms with Crippen LogP contribution in [0.25, 0.3) is 10.9 Å². The van der Waals surface area contributed by atoms with Crippen molar-refractivity contribution in [3.63, 3.8) is 0 Å². The molecule has 1 aliphatic rings. The normalized spacial score (nSPS) is 15.8. The van der Waals surface area contributed by atoms with E-state index in [9.17, 15) is 4.79 Å². The molecule has 164 valence electrons. The number of aromatic nitrogens is 1. The van der Waals surface area contributed by atoms with Crippen molar-refractivity contribution in [2.24, 2.45) is 0 Å². The maximum absolute atomic E-state index is 12.9. The molecule has 5 nitrogen and oxygen atoms in total. The van der Waals surface area contributed by atoms with E-state index >= 15 is 0 Å². The maximum atomic E-state index is 12.9. The lowest BCUT2D eigenvalue weighted by Gasteiger charge is -2.26. The molecule has 0 aliphatic carbocycles. The molecule has 1 saturated heterocycles. The number of hydrogen-bond acceptors (Lipinski definition) is 3. The van der Waals surface area contributed by atoms with Crippen molar-refractivity contribution in [1.29, 1.82) is 0 Å². The second-order valence-corrected chi connectivity index (χ2v) is 8.56. The fourth-order valence-electron chi connectivity index (χ4n) is 4.60. The summed E-state index contributed by atoms with van der Waals surface area (Å²) in [5.41, 5.74) is 5.99. The Bertz CT molecular complexity index is 1020. The van der Waals surface area contributed by atoms with Crippen LogP contribution in [0.3, 0.4) is 0 Å². The second-order valence-electron chi connectivity index (χ2n) is 8.56. The highest BCUT2D eigenvalue weighted by Gasteiger charge is 2.23. The largest absolute Gasteiger partial charge is 0.379 e. The molecule has 1 amide bonds. The van der Waals surface area contributed by atoms with Gasteiger partial charge in [-0.25, -0.2) is 0 Å². The minimum absolute atomic E-state index is 0.0241. The van der Waals surface area contributed by atoms with Crippen molar-refractivity contribution >= 4 is 16.8 Å². The first kappa shape index (κ1) is 21.6. The first-order valence-corrected chi connectivity index (χ1v) is 11.3. The predicted molar refractivity (Wildman–Crippen MR) is 126 cm³/mol. The third kappa shape index (κ3) is 5.35. The number of rotatable bonds is 8. The number of nitrogens with zero attached hydrogens (tertiary/aromatic N) is 1. The van der Waals surface area contributed by atoms with E-state index in [0.29, 0.717) is 13.0 Å². The lowest BCUT2D eigenvalue weighted by Crippen LogP contribution is -2.38. The molecule has 1 aliphatic heterocycles. The van der Waals surface area contributed by atoms with Crippen LogP contribution in [0.1, 0.15) is 41.0 Å². The molecule has 4 rings (SSSR count). The van der Waals surface area contributed by atoms with Crippen LogP contribution in [0.15, 0.2) is 48.7 Å². The number of aryl methyl sites for hydroxylation is 2. The molecule has 3 aromatic rings. The Morgan fingerprint density at radius 3 is 2.74 bits per heavy atom. The average molecular weight is 420 g/mol. The second kappa shape index (κ2) is 10.1. The summed E-state index contributed by atoms with van der Waals surface area (Å²) in [5, 5.41) is 4.34. The summed E-state index contributed by atoms with van der Waals surface area (Å²) in [6.45, 7) is 9.58. The minimum atomic E-state index is 0.0241. The molecular formula is C26H33N3O2. The number of amides is 1. The van der Waals surface area contributed by atoms with Gasteiger partial charge in [0, 0.05) is 49.1 Å². The van der Waals surface area contributed by atoms with Crippen molar-refractivity contribution in [2.75, 3.05) is 39.4 Å². The Labute approximate surface area is 184 Å². The van der Waals surface area contributed by atoms with Gasteiger partial charge in [-0.15, -0.1) is 0 Å². The number of benzene rings is 2. The highest BCUT2D eigenvalue weighted by molar-refractivity contribution is 5.86. The average Bonchev–Trinajstić information content (AvgIpc) is 3.20. The number of carbonyl (C=O) groups excluding carboxylic acids is 1. The van der Waals surface area contributed by atoms with Gasteiger partial charge in [0.25, 0.3) is 0 Å². The van der Waals surface area contributed by atoms with Crippen LogP contribution in [0.4, 0.5) is 0 Å². The summed E-state index contributed by atoms with van der Waals surface area (Å²) in [7, 11) is 0. The molecule has 2 aromatic carbocycles. The van der Waals surface area contributed by atoms with Crippen molar-refractivity contribution in [1.82, 2.24) is 15.2 Å². The van der Waals surface area contributed by atoms with Gasteiger partial charge in [0.2, 0.25) is 5.91 Å². The van der Waals surface area contributed by atoms with Gasteiger partial charge in [0.05, 0.1) is 13.2 Å². The third-order valence-electron chi connectivity index (χ3n) is 6.26.